The highest BCUT2D eigenvalue weighted by Crippen LogP contribution is 2.55. The van der Waals surface area contributed by atoms with Crippen LogP contribution in [0.3, 0.4) is 0 Å². The fourth-order valence-electron chi connectivity index (χ4n) is 4.29. The first-order valence-corrected chi connectivity index (χ1v) is 7.72. The SMILES string of the molecule is COc1ccccc1C1(O)CCC(C)(CO)C2CNCC21. The van der Waals surface area contributed by atoms with Crippen LogP contribution in [0.1, 0.15) is 25.3 Å². The number of benzene rings is 1. The lowest BCUT2D eigenvalue weighted by Crippen LogP contribution is -2.51. The van der Waals surface area contributed by atoms with E-state index in [2.05, 4.69) is 12.2 Å². The average molecular weight is 291 g/mol. The van der Waals surface area contributed by atoms with Crippen LogP contribution in [-0.2, 0) is 5.60 Å². The summed E-state index contributed by atoms with van der Waals surface area (Å²) in [5.41, 5.74) is -0.108. The number of hydrogen-bond acceptors (Lipinski definition) is 4. The molecular weight excluding hydrogens is 266 g/mol. The quantitative estimate of drug-likeness (QED) is 0.790. The summed E-state index contributed by atoms with van der Waals surface area (Å²) in [5.74, 6) is 1.14. The number of nitrogens with one attached hydrogen (secondary N) is 1. The van der Waals surface area contributed by atoms with Crippen molar-refractivity contribution >= 4 is 0 Å². The topological polar surface area (TPSA) is 61.7 Å². The number of fused-ring (bicyclic) bond motifs is 1. The Hall–Kier alpha value is -1.10. The summed E-state index contributed by atoms with van der Waals surface area (Å²) in [7, 11) is 1.65. The van der Waals surface area contributed by atoms with Gasteiger partial charge in [-0.3, -0.25) is 0 Å². The van der Waals surface area contributed by atoms with Crippen LogP contribution in [0.2, 0.25) is 0 Å². The van der Waals surface area contributed by atoms with Gasteiger partial charge < -0.3 is 20.3 Å². The number of para-hydroxylation sites is 1. The van der Waals surface area contributed by atoms with Crippen molar-refractivity contribution in [2.24, 2.45) is 17.3 Å². The van der Waals surface area contributed by atoms with Gasteiger partial charge in [-0.1, -0.05) is 25.1 Å². The van der Waals surface area contributed by atoms with Crippen LogP contribution in [0, 0.1) is 17.3 Å². The molecule has 0 spiro atoms. The van der Waals surface area contributed by atoms with Gasteiger partial charge in [0, 0.05) is 24.6 Å². The monoisotopic (exact) mass is 291 g/mol. The maximum atomic E-state index is 11.5. The molecular formula is C17H25NO3. The van der Waals surface area contributed by atoms with Gasteiger partial charge >= 0.3 is 0 Å². The number of methoxy groups -OCH3 is 1. The molecule has 1 aromatic rings. The van der Waals surface area contributed by atoms with Gasteiger partial charge in [0.2, 0.25) is 0 Å². The fraction of sp³-hybridized carbons (Fsp3) is 0.647. The molecule has 21 heavy (non-hydrogen) atoms. The lowest BCUT2D eigenvalue weighted by Gasteiger charge is -2.50. The zero-order valence-corrected chi connectivity index (χ0v) is 12.8. The second-order valence-corrected chi connectivity index (χ2v) is 6.81. The Morgan fingerprint density at radius 3 is 2.67 bits per heavy atom. The minimum atomic E-state index is -0.880. The van der Waals surface area contributed by atoms with E-state index in [0.717, 1.165) is 30.8 Å². The van der Waals surface area contributed by atoms with E-state index in [1.54, 1.807) is 7.11 Å². The Morgan fingerprint density at radius 1 is 1.24 bits per heavy atom. The number of aliphatic hydroxyl groups excluding tert-OH is 1. The summed E-state index contributed by atoms with van der Waals surface area (Å²) >= 11 is 0. The normalized spacial score (nSPS) is 39.0. The molecule has 1 saturated carbocycles. The van der Waals surface area contributed by atoms with Crippen LogP contribution >= 0.6 is 0 Å². The minimum absolute atomic E-state index is 0.109. The second kappa shape index (κ2) is 5.27. The van der Waals surface area contributed by atoms with Gasteiger partial charge in [0.1, 0.15) is 5.75 Å². The Balaban J connectivity index is 2.02. The van der Waals surface area contributed by atoms with Gasteiger partial charge in [-0.2, -0.15) is 0 Å². The molecule has 1 aromatic carbocycles. The van der Waals surface area contributed by atoms with Crippen molar-refractivity contribution in [3.05, 3.63) is 29.8 Å². The molecule has 4 nitrogen and oxygen atoms in total. The third-order valence-corrected chi connectivity index (χ3v) is 5.73. The molecule has 0 bridgehead atoms. The van der Waals surface area contributed by atoms with Crippen LogP contribution in [0.5, 0.6) is 5.75 Å². The maximum Gasteiger partial charge on any atom is 0.124 e. The summed E-state index contributed by atoms with van der Waals surface area (Å²) in [6.07, 6.45) is 1.48. The average Bonchev–Trinajstić information content (AvgIpc) is 3.03. The molecule has 0 radical (unpaired) electrons. The van der Waals surface area contributed by atoms with E-state index in [-0.39, 0.29) is 23.9 Å². The van der Waals surface area contributed by atoms with Crippen molar-refractivity contribution in [2.45, 2.75) is 25.4 Å². The van der Waals surface area contributed by atoms with Crippen molar-refractivity contribution < 1.29 is 14.9 Å². The van der Waals surface area contributed by atoms with Crippen molar-refractivity contribution in [1.82, 2.24) is 5.32 Å². The molecule has 116 valence electrons. The molecule has 0 amide bonds. The summed E-state index contributed by atoms with van der Waals surface area (Å²) in [6, 6.07) is 7.75. The summed E-state index contributed by atoms with van der Waals surface area (Å²) in [4.78, 5) is 0. The molecule has 4 heteroatoms. The van der Waals surface area contributed by atoms with Gasteiger partial charge in [0.05, 0.1) is 12.7 Å². The minimum Gasteiger partial charge on any atom is -0.496 e. The highest BCUT2D eigenvalue weighted by Gasteiger charge is 2.56. The molecule has 3 rings (SSSR count). The maximum absolute atomic E-state index is 11.5. The van der Waals surface area contributed by atoms with Crippen LogP contribution in [0.25, 0.3) is 0 Å². The Morgan fingerprint density at radius 2 is 1.95 bits per heavy atom. The predicted molar refractivity (Wildman–Crippen MR) is 81.2 cm³/mol. The summed E-state index contributed by atoms with van der Waals surface area (Å²) in [5, 5.41) is 24.7. The molecule has 1 heterocycles. The standard InChI is InChI=1S/C17H25NO3/c1-16(11-19)7-8-17(20,14-10-18-9-13(14)16)12-5-3-4-6-15(12)21-2/h3-6,13-14,18-20H,7-11H2,1-2H3. The van der Waals surface area contributed by atoms with Gasteiger partial charge in [-0.25, -0.2) is 0 Å². The van der Waals surface area contributed by atoms with E-state index in [0.29, 0.717) is 6.42 Å². The largest absolute Gasteiger partial charge is 0.496 e. The van der Waals surface area contributed by atoms with Gasteiger partial charge in [0.25, 0.3) is 0 Å². The second-order valence-electron chi connectivity index (χ2n) is 6.81. The van der Waals surface area contributed by atoms with Crippen molar-refractivity contribution in [1.29, 1.82) is 0 Å². The van der Waals surface area contributed by atoms with Crippen LogP contribution < -0.4 is 10.1 Å². The third-order valence-electron chi connectivity index (χ3n) is 5.73. The first kappa shape index (κ1) is 14.8. The summed E-state index contributed by atoms with van der Waals surface area (Å²) in [6.45, 7) is 3.96. The van der Waals surface area contributed by atoms with E-state index in [4.69, 9.17) is 4.74 Å². The zero-order chi connectivity index (χ0) is 15.1. The van der Waals surface area contributed by atoms with Gasteiger partial charge in [-0.05, 0) is 36.8 Å². The molecule has 1 aliphatic carbocycles. The van der Waals surface area contributed by atoms with Crippen molar-refractivity contribution in [3.8, 4) is 5.75 Å². The van der Waals surface area contributed by atoms with E-state index < -0.39 is 5.60 Å². The fourth-order valence-corrected chi connectivity index (χ4v) is 4.29. The highest BCUT2D eigenvalue weighted by atomic mass is 16.5. The molecule has 2 aliphatic rings. The Bertz CT molecular complexity index is 521. The molecule has 1 aliphatic heterocycles. The first-order valence-electron chi connectivity index (χ1n) is 7.72. The lowest BCUT2D eigenvalue weighted by molar-refractivity contribution is -0.119. The highest BCUT2D eigenvalue weighted by molar-refractivity contribution is 5.39. The number of hydrogen-bond donors (Lipinski definition) is 3. The van der Waals surface area contributed by atoms with Gasteiger partial charge in [0.15, 0.2) is 0 Å². The van der Waals surface area contributed by atoms with Gasteiger partial charge in [-0.15, -0.1) is 0 Å². The number of ether oxygens (including phenoxy) is 1. The van der Waals surface area contributed by atoms with Crippen LogP contribution in [0.4, 0.5) is 0 Å². The Kier molecular flexibility index (Phi) is 3.72. The molecule has 3 N–H and O–H groups in total. The molecule has 2 fully saturated rings. The van der Waals surface area contributed by atoms with Crippen molar-refractivity contribution in [3.63, 3.8) is 0 Å². The first-order chi connectivity index (χ1) is 10.0. The van der Waals surface area contributed by atoms with Crippen LogP contribution in [-0.4, -0.2) is 37.0 Å². The van der Waals surface area contributed by atoms with Crippen molar-refractivity contribution in [2.75, 3.05) is 26.8 Å². The lowest BCUT2D eigenvalue weighted by atomic mass is 9.57. The van der Waals surface area contributed by atoms with E-state index >= 15 is 0 Å². The Labute approximate surface area is 126 Å². The molecule has 4 unspecified atom stereocenters. The smallest absolute Gasteiger partial charge is 0.124 e. The number of aliphatic hydroxyl groups is 2. The van der Waals surface area contributed by atoms with Crippen LogP contribution in [0.15, 0.2) is 24.3 Å². The number of rotatable bonds is 3. The third kappa shape index (κ3) is 2.17. The molecule has 0 aromatic heterocycles. The zero-order valence-electron chi connectivity index (χ0n) is 12.8. The van der Waals surface area contributed by atoms with E-state index in [1.165, 1.54) is 0 Å². The van der Waals surface area contributed by atoms with E-state index in [9.17, 15) is 10.2 Å². The molecule has 4 atom stereocenters. The summed E-state index contributed by atoms with van der Waals surface area (Å²) < 4.78 is 5.46. The predicted octanol–water partition coefficient (Wildman–Crippen LogP) is 1.51. The molecule has 1 saturated heterocycles. The van der Waals surface area contributed by atoms with E-state index in [1.807, 2.05) is 24.3 Å².